The van der Waals surface area contributed by atoms with Crippen LogP contribution in [0.4, 0.5) is 4.39 Å². The quantitative estimate of drug-likeness (QED) is 0.753. The highest BCUT2D eigenvalue weighted by molar-refractivity contribution is 5.83. The zero-order chi connectivity index (χ0) is 12.3. The molecule has 0 spiro atoms. The van der Waals surface area contributed by atoms with Crippen molar-refractivity contribution in [3.8, 4) is 0 Å². The van der Waals surface area contributed by atoms with Gasteiger partial charge in [-0.3, -0.25) is 4.79 Å². The van der Waals surface area contributed by atoms with E-state index < -0.39 is 5.41 Å². The van der Waals surface area contributed by atoms with Gasteiger partial charge in [-0.2, -0.15) is 0 Å². The fourth-order valence-corrected chi connectivity index (χ4v) is 2.64. The van der Waals surface area contributed by atoms with Gasteiger partial charge in [0, 0.05) is 0 Å². The summed E-state index contributed by atoms with van der Waals surface area (Å²) >= 11 is 0. The van der Waals surface area contributed by atoms with Gasteiger partial charge in [0.25, 0.3) is 0 Å². The zero-order valence-corrected chi connectivity index (χ0v) is 10.0. The summed E-state index contributed by atoms with van der Waals surface area (Å²) in [7, 11) is 0. The number of carbonyl (C=O) groups is 1. The molecular weight excluding hydrogens is 219 g/mol. The Morgan fingerprint density at radius 2 is 2.12 bits per heavy atom. The molecule has 0 radical (unpaired) electrons. The number of carbonyl (C=O) groups excluding carboxylic acids is 1. The fourth-order valence-electron chi connectivity index (χ4n) is 2.64. The summed E-state index contributed by atoms with van der Waals surface area (Å²) in [5, 5.41) is 0. The first-order chi connectivity index (χ1) is 8.19. The van der Waals surface area contributed by atoms with Gasteiger partial charge in [0.05, 0.1) is 12.0 Å². The molecule has 0 N–H and O–H groups in total. The first kappa shape index (κ1) is 12.1. The van der Waals surface area contributed by atoms with Gasteiger partial charge in [0.1, 0.15) is 5.82 Å². The average Bonchev–Trinajstić information content (AvgIpc) is 2.79. The average molecular weight is 236 g/mol. The van der Waals surface area contributed by atoms with Crippen molar-refractivity contribution >= 4 is 5.97 Å². The van der Waals surface area contributed by atoms with Crippen LogP contribution in [-0.2, 0) is 14.9 Å². The van der Waals surface area contributed by atoms with Crippen LogP contribution in [0.5, 0.6) is 0 Å². The highest BCUT2D eigenvalue weighted by Gasteiger charge is 2.44. The number of rotatable bonds is 3. The second kappa shape index (κ2) is 4.86. The first-order valence-corrected chi connectivity index (χ1v) is 6.12. The Bertz CT molecular complexity index is 408. The van der Waals surface area contributed by atoms with Crippen LogP contribution < -0.4 is 0 Å². The largest absolute Gasteiger partial charge is 0.465 e. The maximum Gasteiger partial charge on any atom is 0.316 e. The summed E-state index contributed by atoms with van der Waals surface area (Å²) < 4.78 is 18.4. The predicted molar refractivity (Wildman–Crippen MR) is 63.2 cm³/mol. The van der Waals surface area contributed by atoms with Gasteiger partial charge in [-0.1, -0.05) is 25.0 Å². The molecule has 0 amide bonds. The van der Waals surface area contributed by atoms with E-state index in [1.165, 1.54) is 12.1 Å². The highest BCUT2D eigenvalue weighted by atomic mass is 19.1. The molecule has 1 saturated carbocycles. The molecule has 0 aromatic heterocycles. The van der Waals surface area contributed by atoms with Gasteiger partial charge < -0.3 is 4.74 Å². The van der Waals surface area contributed by atoms with Crippen molar-refractivity contribution in [2.75, 3.05) is 6.61 Å². The molecule has 0 saturated heterocycles. The Morgan fingerprint density at radius 1 is 1.41 bits per heavy atom. The van der Waals surface area contributed by atoms with Crippen LogP contribution in [-0.4, -0.2) is 12.6 Å². The number of hydrogen-bond donors (Lipinski definition) is 0. The standard InChI is InChI=1S/C14H17FO2/c1-2-17-13(16)14(8-3-4-9-14)11-6-5-7-12(15)10-11/h5-7,10H,2-4,8-9H2,1H3. The lowest BCUT2D eigenvalue weighted by Crippen LogP contribution is -2.34. The third kappa shape index (κ3) is 2.19. The minimum absolute atomic E-state index is 0.205. The van der Waals surface area contributed by atoms with Crippen LogP contribution in [0.15, 0.2) is 24.3 Å². The van der Waals surface area contributed by atoms with Crippen LogP contribution in [0, 0.1) is 5.82 Å². The summed E-state index contributed by atoms with van der Waals surface area (Å²) in [5.74, 6) is -0.499. The Morgan fingerprint density at radius 3 is 2.71 bits per heavy atom. The van der Waals surface area contributed by atoms with Gasteiger partial charge in [-0.15, -0.1) is 0 Å². The number of hydrogen-bond acceptors (Lipinski definition) is 2. The SMILES string of the molecule is CCOC(=O)C1(c2cccc(F)c2)CCCC1. The topological polar surface area (TPSA) is 26.3 Å². The van der Waals surface area contributed by atoms with E-state index in [2.05, 4.69) is 0 Å². The molecule has 2 rings (SSSR count). The molecular formula is C14H17FO2. The molecule has 0 atom stereocenters. The molecule has 0 heterocycles. The first-order valence-electron chi connectivity index (χ1n) is 6.12. The molecule has 17 heavy (non-hydrogen) atoms. The van der Waals surface area contributed by atoms with E-state index in [1.54, 1.807) is 13.0 Å². The van der Waals surface area contributed by atoms with E-state index in [1.807, 2.05) is 6.07 Å². The van der Waals surface area contributed by atoms with E-state index in [9.17, 15) is 9.18 Å². The molecule has 1 aliphatic rings. The van der Waals surface area contributed by atoms with E-state index in [-0.39, 0.29) is 11.8 Å². The van der Waals surface area contributed by atoms with Crippen LogP contribution >= 0.6 is 0 Å². The maximum atomic E-state index is 13.3. The third-order valence-corrected chi connectivity index (χ3v) is 3.50. The van der Waals surface area contributed by atoms with E-state index in [4.69, 9.17) is 4.74 Å². The smallest absolute Gasteiger partial charge is 0.316 e. The molecule has 0 aliphatic heterocycles. The van der Waals surface area contributed by atoms with Crippen LogP contribution in [0.2, 0.25) is 0 Å². The molecule has 1 aliphatic carbocycles. The molecule has 3 heteroatoms. The number of benzene rings is 1. The lowest BCUT2D eigenvalue weighted by Gasteiger charge is -2.26. The number of esters is 1. The maximum absolute atomic E-state index is 13.3. The molecule has 0 unspecified atom stereocenters. The summed E-state index contributed by atoms with van der Waals surface area (Å²) in [4.78, 5) is 12.1. The number of halogens is 1. The second-order valence-corrected chi connectivity index (χ2v) is 4.52. The Balaban J connectivity index is 2.37. The Hall–Kier alpha value is -1.38. The van der Waals surface area contributed by atoms with Gasteiger partial charge >= 0.3 is 5.97 Å². The third-order valence-electron chi connectivity index (χ3n) is 3.50. The van der Waals surface area contributed by atoms with E-state index in [0.29, 0.717) is 6.61 Å². The van der Waals surface area contributed by atoms with Crippen molar-refractivity contribution in [3.05, 3.63) is 35.6 Å². The monoisotopic (exact) mass is 236 g/mol. The van der Waals surface area contributed by atoms with Crippen molar-refractivity contribution in [1.82, 2.24) is 0 Å². The number of ether oxygens (including phenoxy) is 1. The lowest BCUT2D eigenvalue weighted by atomic mass is 9.79. The zero-order valence-electron chi connectivity index (χ0n) is 10.0. The van der Waals surface area contributed by atoms with Crippen molar-refractivity contribution in [2.45, 2.75) is 38.0 Å². The molecule has 92 valence electrons. The second-order valence-electron chi connectivity index (χ2n) is 4.52. The summed E-state index contributed by atoms with van der Waals surface area (Å²) in [6.45, 7) is 2.17. The summed E-state index contributed by atoms with van der Waals surface area (Å²) in [6.07, 6.45) is 3.51. The normalized spacial score (nSPS) is 18.0. The Kier molecular flexibility index (Phi) is 3.46. The fraction of sp³-hybridized carbons (Fsp3) is 0.500. The minimum Gasteiger partial charge on any atom is -0.465 e. The molecule has 0 bridgehead atoms. The van der Waals surface area contributed by atoms with Gasteiger partial charge in [-0.05, 0) is 37.5 Å². The van der Waals surface area contributed by atoms with Crippen molar-refractivity contribution in [1.29, 1.82) is 0 Å². The minimum atomic E-state index is -0.613. The van der Waals surface area contributed by atoms with Crippen LogP contribution in [0.3, 0.4) is 0 Å². The predicted octanol–water partition coefficient (Wildman–Crippen LogP) is 3.20. The van der Waals surface area contributed by atoms with Crippen molar-refractivity contribution in [2.24, 2.45) is 0 Å². The van der Waals surface area contributed by atoms with Crippen molar-refractivity contribution < 1.29 is 13.9 Å². The summed E-state index contributed by atoms with van der Waals surface area (Å²) in [6, 6.07) is 6.34. The molecule has 2 nitrogen and oxygen atoms in total. The van der Waals surface area contributed by atoms with Gasteiger partial charge in [-0.25, -0.2) is 4.39 Å². The van der Waals surface area contributed by atoms with Gasteiger partial charge in [0.15, 0.2) is 0 Å². The molecule has 1 aromatic carbocycles. The molecule has 1 fully saturated rings. The van der Waals surface area contributed by atoms with E-state index in [0.717, 1.165) is 31.2 Å². The van der Waals surface area contributed by atoms with E-state index >= 15 is 0 Å². The van der Waals surface area contributed by atoms with Crippen LogP contribution in [0.1, 0.15) is 38.2 Å². The van der Waals surface area contributed by atoms with Crippen LogP contribution in [0.25, 0.3) is 0 Å². The lowest BCUT2D eigenvalue weighted by molar-refractivity contribution is -0.150. The van der Waals surface area contributed by atoms with Crippen molar-refractivity contribution in [3.63, 3.8) is 0 Å². The Labute approximate surface area is 101 Å². The highest BCUT2D eigenvalue weighted by Crippen LogP contribution is 2.42. The summed E-state index contributed by atoms with van der Waals surface area (Å²) in [5.41, 5.74) is 0.145. The van der Waals surface area contributed by atoms with Gasteiger partial charge in [0.2, 0.25) is 0 Å². The molecule has 1 aromatic rings.